The Morgan fingerprint density at radius 3 is 2.48 bits per heavy atom. The topological polar surface area (TPSA) is 70.7 Å². The third kappa shape index (κ3) is 6.62. The molecule has 1 aliphatic rings. The summed E-state index contributed by atoms with van der Waals surface area (Å²) in [5, 5.41) is 6.72. The fraction of sp³-hybridized carbons (Fsp3) is 0.417. The van der Waals surface area contributed by atoms with Crippen molar-refractivity contribution in [3.63, 3.8) is 0 Å². The summed E-state index contributed by atoms with van der Waals surface area (Å²) in [7, 11) is 0. The van der Waals surface area contributed by atoms with Crippen LogP contribution in [0.2, 0.25) is 5.02 Å². The third-order valence-corrected chi connectivity index (χ3v) is 5.77. The number of ether oxygens (including phenoxy) is 1. The van der Waals surface area contributed by atoms with Gasteiger partial charge in [0.2, 0.25) is 0 Å². The lowest BCUT2D eigenvalue weighted by Crippen LogP contribution is -2.46. The van der Waals surface area contributed by atoms with Crippen molar-refractivity contribution in [3.05, 3.63) is 59.1 Å². The third-order valence-electron chi connectivity index (χ3n) is 5.52. The number of nitrogens with zero attached hydrogens (tertiary/aromatic N) is 1. The van der Waals surface area contributed by atoms with Crippen molar-refractivity contribution in [2.75, 3.05) is 24.6 Å². The van der Waals surface area contributed by atoms with Gasteiger partial charge < -0.3 is 20.3 Å². The fourth-order valence-corrected chi connectivity index (χ4v) is 3.68. The lowest BCUT2D eigenvalue weighted by atomic mass is 10.0. The van der Waals surface area contributed by atoms with Crippen molar-refractivity contribution in [2.24, 2.45) is 0 Å². The maximum atomic E-state index is 12.7. The lowest BCUT2D eigenvalue weighted by Gasteiger charge is -2.35. The van der Waals surface area contributed by atoms with Crippen LogP contribution in [-0.4, -0.2) is 43.6 Å². The molecule has 31 heavy (non-hydrogen) atoms. The number of para-hydroxylation sites is 1. The minimum Gasteiger partial charge on any atom is -0.484 e. The molecule has 0 spiro atoms. The number of amides is 2. The second kappa shape index (κ2) is 11.0. The minimum atomic E-state index is -0.137. The molecule has 1 atom stereocenters. The molecule has 1 saturated heterocycles. The van der Waals surface area contributed by atoms with Gasteiger partial charge in [-0.1, -0.05) is 30.7 Å². The van der Waals surface area contributed by atoms with Crippen molar-refractivity contribution >= 4 is 29.1 Å². The van der Waals surface area contributed by atoms with E-state index in [-0.39, 0.29) is 30.5 Å². The Hall–Kier alpha value is -2.73. The number of carbonyl (C=O) groups excluding carboxylic acids is 2. The first kappa shape index (κ1) is 22.9. The van der Waals surface area contributed by atoms with Crippen LogP contribution in [0.1, 0.15) is 43.5 Å². The summed E-state index contributed by atoms with van der Waals surface area (Å²) < 4.78 is 5.51. The van der Waals surface area contributed by atoms with E-state index < -0.39 is 0 Å². The molecule has 1 heterocycles. The van der Waals surface area contributed by atoms with Gasteiger partial charge in [-0.3, -0.25) is 9.59 Å². The summed E-state index contributed by atoms with van der Waals surface area (Å²) in [5.74, 6) is 0.433. The molecule has 166 valence electrons. The van der Waals surface area contributed by atoms with Crippen LogP contribution in [0.15, 0.2) is 48.5 Å². The highest BCUT2D eigenvalue weighted by Crippen LogP contribution is 2.24. The average molecular weight is 444 g/mol. The van der Waals surface area contributed by atoms with Crippen molar-refractivity contribution in [1.29, 1.82) is 0 Å². The summed E-state index contributed by atoms with van der Waals surface area (Å²) in [6, 6.07) is 14.9. The van der Waals surface area contributed by atoms with Crippen LogP contribution in [0.25, 0.3) is 0 Å². The Kier molecular flexibility index (Phi) is 8.18. The Bertz CT molecular complexity index is 880. The van der Waals surface area contributed by atoms with E-state index in [2.05, 4.69) is 22.5 Å². The van der Waals surface area contributed by atoms with Gasteiger partial charge in [0.15, 0.2) is 6.61 Å². The Balaban J connectivity index is 1.50. The molecule has 0 aromatic heterocycles. The molecule has 3 rings (SSSR count). The number of carbonyl (C=O) groups is 2. The van der Waals surface area contributed by atoms with Gasteiger partial charge >= 0.3 is 0 Å². The van der Waals surface area contributed by atoms with Crippen LogP contribution in [0.3, 0.4) is 0 Å². The molecule has 0 unspecified atom stereocenters. The van der Waals surface area contributed by atoms with E-state index in [1.807, 2.05) is 31.2 Å². The summed E-state index contributed by atoms with van der Waals surface area (Å²) in [4.78, 5) is 27.1. The summed E-state index contributed by atoms with van der Waals surface area (Å²) in [6.07, 6.45) is 2.52. The number of benzene rings is 2. The van der Waals surface area contributed by atoms with E-state index in [1.54, 1.807) is 24.3 Å². The van der Waals surface area contributed by atoms with Crippen LogP contribution in [0, 0.1) is 0 Å². The molecule has 0 aliphatic carbocycles. The molecule has 1 fully saturated rings. The first-order chi connectivity index (χ1) is 15.0. The molecule has 0 radical (unpaired) electrons. The minimum absolute atomic E-state index is 0.0273. The second-order valence-corrected chi connectivity index (χ2v) is 8.31. The molecule has 1 aliphatic heterocycles. The van der Waals surface area contributed by atoms with Gasteiger partial charge in [-0.05, 0) is 62.6 Å². The molecule has 2 aromatic rings. The van der Waals surface area contributed by atoms with Crippen molar-refractivity contribution in [2.45, 2.75) is 45.2 Å². The molecule has 2 aromatic carbocycles. The zero-order valence-electron chi connectivity index (χ0n) is 18.1. The average Bonchev–Trinajstić information content (AvgIpc) is 2.79. The first-order valence-corrected chi connectivity index (χ1v) is 11.2. The van der Waals surface area contributed by atoms with E-state index in [9.17, 15) is 9.59 Å². The highest BCUT2D eigenvalue weighted by Gasteiger charge is 2.24. The number of anilines is 1. The van der Waals surface area contributed by atoms with Crippen LogP contribution in [-0.2, 0) is 4.79 Å². The van der Waals surface area contributed by atoms with Crippen LogP contribution >= 0.6 is 11.6 Å². The van der Waals surface area contributed by atoms with E-state index in [0.29, 0.717) is 16.3 Å². The monoisotopic (exact) mass is 443 g/mol. The van der Waals surface area contributed by atoms with E-state index in [4.69, 9.17) is 16.3 Å². The molecule has 0 saturated carbocycles. The predicted octanol–water partition coefficient (Wildman–Crippen LogP) is 4.03. The maximum Gasteiger partial charge on any atom is 0.258 e. The molecule has 7 heteroatoms. The van der Waals surface area contributed by atoms with E-state index in [0.717, 1.165) is 38.0 Å². The zero-order chi connectivity index (χ0) is 22.2. The van der Waals surface area contributed by atoms with Crippen molar-refractivity contribution in [3.8, 4) is 5.75 Å². The molecule has 6 nitrogen and oxygen atoms in total. The summed E-state index contributed by atoms with van der Waals surface area (Å²) >= 11 is 5.85. The quantitative estimate of drug-likeness (QED) is 0.646. The summed E-state index contributed by atoms with van der Waals surface area (Å²) in [5.41, 5.74) is 1.64. The van der Waals surface area contributed by atoms with Gasteiger partial charge in [0.05, 0.1) is 5.56 Å². The predicted molar refractivity (Wildman–Crippen MR) is 124 cm³/mol. The van der Waals surface area contributed by atoms with Gasteiger partial charge in [-0.25, -0.2) is 0 Å². The van der Waals surface area contributed by atoms with E-state index in [1.165, 1.54) is 0 Å². The standard InChI is InChI=1S/C24H30ClN3O3/c1-3-17(2)26-24(30)21-6-4-5-7-22(21)28-14-12-19(13-15-28)27-23(29)16-31-20-10-8-18(25)9-11-20/h4-11,17,19H,3,12-16H2,1-2H3,(H,26,30)(H,27,29)/t17-/m0/s1. The molecular formula is C24H30ClN3O3. The summed E-state index contributed by atoms with van der Waals surface area (Å²) in [6.45, 7) is 5.58. The van der Waals surface area contributed by atoms with Gasteiger partial charge in [0.1, 0.15) is 5.75 Å². The smallest absolute Gasteiger partial charge is 0.258 e. The number of nitrogens with one attached hydrogen (secondary N) is 2. The SMILES string of the molecule is CC[C@H](C)NC(=O)c1ccccc1N1CCC(NC(=O)COc2ccc(Cl)cc2)CC1. The van der Waals surface area contributed by atoms with Gasteiger partial charge in [-0.15, -0.1) is 0 Å². The Morgan fingerprint density at radius 1 is 1.13 bits per heavy atom. The molecule has 2 amide bonds. The van der Waals surface area contributed by atoms with Crippen LogP contribution < -0.4 is 20.3 Å². The van der Waals surface area contributed by atoms with Gasteiger partial charge in [0, 0.05) is 35.9 Å². The zero-order valence-corrected chi connectivity index (χ0v) is 18.8. The first-order valence-electron chi connectivity index (χ1n) is 10.8. The number of hydrogen-bond donors (Lipinski definition) is 2. The Labute approximate surface area is 188 Å². The van der Waals surface area contributed by atoms with Crippen molar-refractivity contribution < 1.29 is 14.3 Å². The number of piperidine rings is 1. The van der Waals surface area contributed by atoms with Crippen molar-refractivity contribution in [1.82, 2.24) is 10.6 Å². The van der Waals surface area contributed by atoms with Crippen LogP contribution in [0.4, 0.5) is 5.69 Å². The largest absolute Gasteiger partial charge is 0.484 e. The molecule has 2 N–H and O–H groups in total. The number of halogens is 1. The normalized spacial score (nSPS) is 15.3. The van der Waals surface area contributed by atoms with E-state index >= 15 is 0 Å². The van der Waals surface area contributed by atoms with Gasteiger partial charge in [0.25, 0.3) is 11.8 Å². The second-order valence-electron chi connectivity index (χ2n) is 7.87. The number of hydrogen-bond acceptors (Lipinski definition) is 4. The maximum absolute atomic E-state index is 12.7. The van der Waals surface area contributed by atoms with Gasteiger partial charge in [-0.2, -0.15) is 0 Å². The highest BCUT2D eigenvalue weighted by atomic mass is 35.5. The fourth-order valence-electron chi connectivity index (χ4n) is 3.56. The Morgan fingerprint density at radius 2 is 1.81 bits per heavy atom. The lowest BCUT2D eigenvalue weighted by molar-refractivity contribution is -0.123. The van der Waals surface area contributed by atoms with Crippen LogP contribution in [0.5, 0.6) is 5.75 Å². The molecular weight excluding hydrogens is 414 g/mol. The highest BCUT2D eigenvalue weighted by molar-refractivity contribution is 6.30. The molecule has 0 bridgehead atoms. The number of rotatable bonds is 8.